The zero-order chi connectivity index (χ0) is 14.1. The van der Waals surface area contributed by atoms with Crippen molar-refractivity contribution in [3.63, 3.8) is 0 Å². The minimum Gasteiger partial charge on any atom is -0.427 e. The molecule has 2 heterocycles. The standard InChI is InChI=1S/C13H20BN3O3/c18-13(16-8-6-10(9-16)14(19)20)12-5-7-15-17(12)11-3-1-2-4-11/h5,7,10-11,19-20H,1-4,6,8-9H2. The molecule has 3 rings (SSSR count). The van der Waals surface area contributed by atoms with Gasteiger partial charge in [0.05, 0.1) is 6.04 Å². The molecule has 1 unspecified atom stereocenters. The molecule has 1 saturated heterocycles. The molecule has 1 saturated carbocycles. The molecule has 1 aliphatic heterocycles. The first-order valence-corrected chi connectivity index (χ1v) is 7.35. The van der Waals surface area contributed by atoms with Gasteiger partial charge < -0.3 is 14.9 Å². The van der Waals surface area contributed by atoms with E-state index in [4.69, 9.17) is 0 Å². The predicted octanol–water partition coefficient (Wildman–Crippen LogP) is 0.687. The first-order valence-electron chi connectivity index (χ1n) is 7.35. The van der Waals surface area contributed by atoms with Crippen molar-refractivity contribution in [3.8, 4) is 0 Å². The Bertz CT molecular complexity index is 485. The Balaban J connectivity index is 1.73. The van der Waals surface area contributed by atoms with Crippen molar-refractivity contribution in [2.45, 2.75) is 44.0 Å². The summed E-state index contributed by atoms with van der Waals surface area (Å²) in [7, 11) is -1.34. The van der Waals surface area contributed by atoms with Gasteiger partial charge in [0.25, 0.3) is 5.91 Å². The van der Waals surface area contributed by atoms with Gasteiger partial charge in [-0.3, -0.25) is 9.48 Å². The largest absolute Gasteiger partial charge is 0.456 e. The van der Waals surface area contributed by atoms with Gasteiger partial charge in [0.15, 0.2) is 0 Å². The molecule has 2 aliphatic rings. The van der Waals surface area contributed by atoms with Gasteiger partial charge in [0.2, 0.25) is 0 Å². The number of carbonyl (C=O) groups excluding carboxylic acids is 1. The lowest BCUT2D eigenvalue weighted by molar-refractivity contribution is 0.0776. The number of nitrogens with zero attached hydrogens (tertiary/aromatic N) is 3. The average Bonchev–Trinajstić information content (AvgIpc) is 3.17. The summed E-state index contributed by atoms with van der Waals surface area (Å²) in [6.45, 7) is 0.989. The molecule has 1 atom stereocenters. The lowest BCUT2D eigenvalue weighted by atomic mass is 9.72. The number of hydrogen-bond acceptors (Lipinski definition) is 4. The van der Waals surface area contributed by atoms with Crippen LogP contribution in [0, 0.1) is 0 Å². The highest BCUT2D eigenvalue weighted by Gasteiger charge is 2.35. The molecule has 0 aromatic carbocycles. The van der Waals surface area contributed by atoms with Crippen LogP contribution in [0.4, 0.5) is 0 Å². The predicted molar refractivity (Wildman–Crippen MR) is 74.2 cm³/mol. The third kappa shape index (κ3) is 2.47. The van der Waals surface area contributed by atoms with E-state index in [-0.39, 0.29) is 11.7 Å². The molecule has 1 amide bonds. The number of likely N-dealkylation sites (tertiary alicyclic amines) is 1. The molecular formula is C13H20BN3O3. The monoisotopic (exact) mass is 277 g/mol. The second kappa shape index (κ2) is 5.57. The Labute approximate surface area is 118 Å². The molecule has 0 spiro atoms. The molecule has 6 nitrogen and oxygen atoms in total. The number of rotatable bonds is 3. The van der Waals surface area contributed by atoms with E-state index < -0.39 is 7.12 Å². The maximum Gasteiger partial charge on any atom is 0.456 e. The summed E-state index contributed by atoms with van der Waals surface area (Å²) in [6, 6.07) is 2.11. The maximum absolute atomic E-state index is 12.6. The summed E-state index contributed by atoms with van der Waals surface area (Å²) in [6.07, 6.45) is 6.88. The van der Waals surface area contributed by atoms with Crippen LogP contribution in [0.15, 0.2) is 12.3 Å². The highest BCUT2D eigenvalue weighted by atomic mass is 16.4. The van der Waals surface area contributed by atoms with E-state index in [1.807, 2.05) is 4.68 Å². The van der Waals surface area contributed by atoms with Gasteiger partial charge in [-0.05, 0) is 25.3 Å². The topological polar surface area (TPSA) is 78.6 Å². The zero-order valence-electron chi connectivity index (χ0n) is 11.5. The van der Waals surface area contributed by atoms with Crippen LogP contribution < -0.4 is 0 Å². The SMILES string of the molecule is O=C(c1ccnn1C1CCCC1)N1CCC(B(O)O)C1. The first kappa shape index (κ1) is 13.6. The van der Waals surface area contributed by atoms with E-state index in [0.717, 1.165) is 12.8 Å². The van der Waals surface area contributed by atoms with E-state index in [1.165, 1.54) is 12.8 Å². The number of aromatic nitrogens is 2. The van der Waals surface area contributed by atoms with E-state index in [0.29, 0.717) is 31.2 Å². The van der Waals surface area contributed by atoms with Crippen LogP contribution in [-0.2, 0) is 0 Å². The molecule has 2 fully saturated rings. The fraction of sp³-hybridized carbons (Fsp3) is 0.692. The van der Waals surface area contributed by atoms with Crippen LogP contribution in [0.3, 0.4) is 0 Å². The Hall–Kier alpha value is -1.34. The molecule has 0 radical (unpaired) electrons. The lowest BCUT2D eigenvalue weighted by Crippen LogP contribution is -2.32. The lowest BCUT2D eigenvalue weighted by Gasteiger charge is -2.19. The molecule has 7 heteroatoms. The third-order valence-electron chi connectivity index (χ3n) is 4.49. The smallest absolute Gasteiger partial charge is 0.427 e. The van der Waals surface area contributed by atoms with Crippen LogP contribution in [0.2, 0.25) is 5.82 Å². The summed E-state index contributed by atoms with van der Waals surface area (Å²) in [5.74, 6) is -0.278. The minimum absolute atomic E-state index is 0.0439. The molecule has 1 aliphatic carbocycles. The van der Waals surface area contributed by atoms with Gasteiger partial charge in [0.1, 0.15) is 5.69 Å². The van der Waals surface area contributed by atoms with Gasteiger partial charge >= 0.3 is 7.12 Å². The Morgan fingerprint density at radius 1 is 1.30 bits per heavy atom. The Morgan fingerprint density at radius 2 is 2.05 bits per heavy atom. The van der Waals surface area contributed by atoms with Gasteiger partial charge in [-0.15, -0.1) is 0 Å². The normalized spacial score (nSPS) is 23.5. The van der Waals surface area contributed by atoms with Crippen LogP contribution in [0.25, 0.3) is 0 Å². The molecule has 108 valence electrons. The molecule has 0 bridgehead atoms. The third-order valence-corrected chi connectivity index (χ3v) is 4.49. The van der Waals surface area contributed by atoms with E-state index >= 15 is 0 Å². The van der Waals surface area contributed by atoms with Crippen LogP contribution in [-0.4, -0.2) is 50.8 Å². The molecule has 1 aromatic heterocycles. The van der Waals surface area contributed by atoms with Crippen LogP contribution in [0.1, 0.15) is 48.6 Å². The fourth-order valence-electron chi connectivity index (χ4n) is 3.30. The van der Waals surface area contributed by atoms with Crippen molar-refractivity contribution in [3.05, 3.63) is 18.0 Å². The summed E-state index contributed by atoms with van der Waals surface area (Å²) >= 11 is 0. The van der Waals surface area contributed by atoms with E-state index in [9.17, 15) is 14.8 Å². The fourth-order valence-corrected chi connectivity index (χ4v) is 3.30. The Morgan fingerprint density at radius 3 is 2.70 bits per heavy atom. The second-order valence-electron chi connectivity index (χ2n) is 5.81. The van der Waals surface area contributed by atoms with E-state index in [2.05, 4.69) is 5.10 Å². The van der Waals surface area contributed by atoms with Crippen molar-refractivity contribution in [2.24, 2.45) is 0 Å². The van der Waals surface area contributed by atoms with E-state index in [1.54, 1.807) is 17.2 Å². The maximum atomic E-state index is 12.6. The summed E-state index contributed by atoms with van der Waals surface area (Å²) in [5.41, 5.74) is 0.630. The summed E-state index contributed by atoms with van der Waals surface area (Å²) in [4.78, 5) is 14.3. The zero-order valence-corrected chi connectivity index (χ0v) is 11.5. The van der Waals surface area contributed by atoms with Crippen molar-refractivity contribution < 1.29 is 14.8 Å². The van der Waals surface area contributed by atoms with Crippen molar-refractivity contribution >= 4 is 13.0 Å². The van der Waals surface area contributed by atoms with Crippen molar-refractivity contribution in [1.82, 2.24) is 14.7 Å². The molecular weight excluding hydrogens is 257 g/mol. The van der Waals surface area contributed by atoms with Crippen molar-refractivity contribution in [2.75, 3.05) is 13.1 Å². The van der Waals surface area contributed by atoms with Gasteiger partial charge in [-0.1, -0.05) is 12.8 Å². The number of amides is 1. The first-order chi connectivity index (χ1) is 9.66. The van der Waals surface area contributed by atoms with Crippen molar-refractivity contribution in [1.29, 1.82) is 0 Å². The second-order valence-corrected chi connectivity index (χ2v) is 5.81. The minimum atomic E-state index is -1.34. The molecule has 1 aromatic rings. The van der Waals surface area contributed by atoms with Gasteiger partial charge in [-0.25, -0.2) is 0 Å². The summed E-state index contributed by atoms with van der Waals surface area (Å²) < 4.78 is 1.86. The quantitative estimate of drug-likeness (QED) is 0.797. The van der Waals surface area contributed by atoms with Gasteiger partial charge in [0, 0.05) is 25.1 Å². The Kier molecular flexibility index (Phi) is 3.80. The molecule has 20 heavy (non-hydrogen) atoms. The highest BCUT2D eigenvalue weighted by molar-refractivity contribution is 6.43. The van der Waals surface area contributed by atoms with Crippen LogP contribution in [0.5, 0.6) is 0 Å². The average molecular weight is 277 g/mol. The number of hydrogen-bond donors (Lipinski definition) is 2. The van der Waals surface area contributed by atoms with Crippen LogP contribution >= 0.6 is 0 Å². The molecule has 2 N–H and O–H groups in total. The highest BCUT2D eigenvalue weighted by Crippen LogP contribution is 2.31. The number of carbonyl (C=O) groups is 1. The summed E-state index contributed by atoms with van der Waals surface area (Å²) in [5, 5.41) is 22.7. The van der Waals surface area contributed by atoms with Gasteiger partial charge in [-0.2, -0.15) is 5.10 Å².